The number of methoxy groups -OCH3 is 1. The third kappa shape index (κ3) is 2.12. The van der Waals surface area contributed by atoms with Crippen LogP contribution in [0, 0.1) is 5.92 Å². The van der Waals surface area contributed by atoms with Gasteiger partial charge in [0.25, 0.3) is 0 Å². The van der Waals surface area contributed by atoms with E-state index in [-0.39, 0.29) is 18.5 Å². The molecule has 0 aliphatic carbocycles. The van der Waals surface area contributed by atoms with E-state index in [1.165, 1.54) is 5.56 Å². The van der Waals surface area contributed by atoms with Gasteiger partial charge in [-0.25, -0.2) is 0 Å². The van der Waals surface area contributed by atoms with E-state index in [4.69, 9.17) is 4.74 Å². The molecule has 82 valence electrons. The van der Waals surface area contributed by atoms with Crippen LogP contribution < -0.4 is 10.1 Å². The molecular weight excluding hydrogens is 193 g/mol. The fourth-order valence-electron chi connectivity index (χ4n) is 2.16. The molecule has 15 heavy (non-hydrogen) atoms. The van der Waals surface area contributed by atoms with Crippen molar-refractivity contribution in [3.63, 3.8) is 0 Å². The van der Waals surface area contributed by atoms with Crippen LogP contribution in [0.15, 0.2) is 24.3 Å². The molecule has 3 heteroatoms. The molecule has 1 fully saturated rings. The molecular formula is C12H16FNO. The summed E-state index contributed by atoms with van der Waals surface area (Å²) in [6.07, 6.45) is 0. The van der Waals surface area contributed by atoms with Gasteiger partial charge in [-0.1, -0.05) is 12.1 Å². The molecule has 0 bridgehead atoms. The van der Waals surface area contributed by atoms with Crippen LogP contribution in [0.3, 0.4) is 0 Å². The second-order valence-electron chi connectivity index (χ2n) is 3.96. The van der Waals surface area contributed by atoms with Crippen LogP contribution in [0.5, 0.6) is 5.75 Å². The summed E-state index contributed by atoms with van der Waals surface area (Å²) in [6, 6.07) is 7.92. The Morgan fingerprint density at radius 3 is 3.07 bits per heavy atom. The molecule has 2 atom stereocenters. The maximum atomic E-state index is 12.7. The van der Waals surface area contributed by atoms with E-state index in [0.717, 1.165) is 18.8 Å². The molecule has 1 aliphatic rings. The van der Waals surface area contributed by atoms with Crippen molar-refractivity contribution in [1.29, 1.82) is 0 Å². The predicted molar refractivity (Wildman–Crippen MR) is 58.1 cm³/mol. The summed E-state index contributed by atoms with van der Waals surface area (Å²) in [7, 11) is 1.65. The second-order valence-corrected chi connectivity index (χ2v) is 3.96. The number of hydrogen-bond acceptors (Lipinski definition) is 2. The van der Waals surface area contributed by atoms with E-state index in [1.807, 2.05) is 24.3 Å². The van der Waals surface area contributed by atoms with E-state index >= 15 is 0 Å². The summed E-state index contributed by atoms with van der Waals surface area (Å²) in [5, 5.41) is 3.23. The third-order valence-corrected chi connectivity index (χ3v) is 3.06. The normalized spacial score (nSPS) is 25.5. The molecule has 1 aromatic carbocycles. The standard InChI is InChI=1S/C12H16FNO/c1-15-11-4-2-3-9(5-11)12-8-14-7-10(12)6-13/h2-5,10,12,14H,6-8H2,1H3/t10-,12-/m1/s1. The summed E-state index contributed by atoms with van der Waals surface area (Å²) in [5.41, 5.74) is 1.17. The van der Waals surface area contributed by atoms with Gasteiger partial charge in [0, 0.05) is 24.9 Å². The first-order valence-corrected chi connectivity index (χ1v) is 5.25. The van der Waals surface area contributed by atoms with Crippen molar-refractivity contribution in [3.8, 4) is 5.75 Å². The zero-order valence-corrected chi connectivity index (χ0v) is 8.87. The molecule has 0 unspecified atom stereocenters. The molecule has 1 N–H and O–H groups in total. The molecule has 0 aromatic heterocycles. The van der Waals surface area contributed by atoms with Crippen molar-refractivity contribution in [1.82, 2.24) is 5.32 Å². The van der Waals surface area contributed by atoms with E-state index < -0.39 is 0 Å². The molecule has 0 radical (unpaired) electrons. The van der Waals surface area contributed by atoms with Crippen LogP contribution in [-0.2, 0) is 0 Å². The van der Waals surface area contributed by atoms with E-state index in [1.54, 1.807) is 7.11 Å². The van der Waals surface area contributed by atoms with Crippen LogP contribution in [0.1, 0.15) is 11.5 Å². The maximum absolute atomic E-state index is 12.7. The highest BCUT2D eigenvalue weighted by Crippen LogP contribution is 2.30. The number of ether oxygens (including phenoxy) is 1. The van der Waals surface area contributed by atoms with Gasteiger partial charge in [0.05, 0.1) is 13.8 Å². The van der Waals surface area contributed by atoms with Crippen LogP contribution in [0.25, 0.3) is 0 Å². The summed E-state index contributed by atoms with van der Waals surface area (Å²) in [6.45, 7) is 1.38. The lowest BCUT2D eigenvalue weighted by Crippen LogP contribution is -2.12. The third-order valence-electron chi connectivity index (χ3n) is 3.06. The van der Waals surface area contributed by atoms with Crippen LogP contribution in [0.4, 0.5) is 4.39 Å². The Balaban J connectivity index is 2.20. The molecule has 1 aromatic rings. The Labute approximate surface area is 89.4 Å². The quantitative estimate of drug-likeness (QED) is 0.821. The second kappa shape index (κ2) is 4.62. The summed E-state index contributed by atoms with van der Waals surface area (Å²) >= 11 is 0. The Morgan fingerprint density at radius 1 is 1.47 bits per heavy atom. The molecule has 0 saturated carbocycles. The first-order chi connectivity index (χ1) is 7.35. The van der Waals surface area contributed by atoms with Gasteiger partial charge >= 0.3 is 0 Å². The minimum Gasteiger partial charge on any atom is -0.497 e. The van der Waals surface area contributed by atoms with Crippen molar-refractivity contribution < 1.29 is 9.13 Å². The topological polar surface area (TPSA) is 21.3 Å². The zero-order valence-electron chi connectivity index (χ0n) is 8.87. The van der Waals surface area contributed by atoms with Crippen molar-refractivity contribution in [2.24, 2.45) is 5.92 Å². The monoisotopic (exact) mass is 209 g/mol. The molecule has 1 saturated heterocycles. The molecule has 0 spiro atoms. The molecule has 2 rings (SSSR count). The summed E-state index contributed by atoms with van der Waals surface area (Å²) in [5.74, 6) is 1.24. The number of benzene rings is 1. The van der Waals surface area contributed by atoms with Crippen LogP contribution in [0.2, 0.25) is 0 Å². The maximum Gasteiger partial charge on any atom is 0.119 e. The first kappa shape index (κ1) is 10.4. The van der Waals surface area contributed by atoms with Gasteiger partial charge in [0.2, 0.25) is 0 Å². The van der Waals surface area contributed by atoms with Gasteiger partial charge < -0.3 is 10.1 Å². The van der Waals surface area contributed by atoms with E-state index in [0.29, 0.717) is 0 Å². The largest absolute Gasteiger partial charge is 0.497 e. The van der Waals surface area contributed by atoms with Crippen molar-refractivity contribution in [2.75, 3.05) is 26.9 Å². The SMILES string of the molecule is COc1cccc([C@H]2CNC[C@H]2CF)c1. The number of alkyl halides is 1. The molecule has 2 nitrogen and oxygen atoms in total. The average Bonchev–Trinajstić information content (AvgIpc) is 2.77. The smallest absolute Gasteiger partial charge is 0.119 e. The highest BCUT2D eigenvalue weighted by atomic mass is 19.1. The van der Waals surface area contributed by atoms with Gasteiger partial charge in [0.1, 0.15) is 5.75 Å². The van der Waals surface area contributed by atoms with Gasteiger partial charge in [-0.2, -0.15) is 0 Å². The fraction of sp³-hybridized carbons (Fsp3) is 0.500. The van der Waals surface area contributed by atoms with Crippen molar-refractivity contribution in [2.45, 2.75) is 5.92 Å². The number of rotatable bonds is 3. The number of nitrogens with one attached hydrogen (secondary N) is 1. The lowest BCUT2D eigenvalue weighted by atomic mass is 9.90. The fourth-order valence-corrected chi connectivity index (χ4v) is 2.16. The Kier molecular flexibility index (Phi) is 3.21. The average molecular weight is 209 g/mol. The van der Waals surface area contributed by atoms with Crippen molar-refractivity contribution >= 4 is 0 Å². The number of halogens is 1. The first-order valence-electron chi connectivity index (χ1n) is 5.25. The summed E-state index contributed by atoms with van der Waals surface area (Å²) < 4.78 is 17.9. The van der Waals surface area contributed by atoms with Gasteiger partial charge in [-0.15, -0.1) is 0 Å². The molecule has 0 amide bonds. The van der Waals surface area contributed by atoms with E-state index in [9.17, 15) is 4.39 Å². The highest BCUT2D eigenvalue weighted by molar-refractivity contribution is 5.32. The number of hydrogen-bond donors (Lipinski definition) is 1. The minimum absolute atomic E-state index is 0.108. The minimum atomic E-state index is -0.255. The Morgan fingerprint density at radius 2 is 2.33 bits per heavy atom. The van der Waals surface area contributed by atoms with Crippen LogP contribution >= 0.6 is 0 Å². The van der Waals surface area contributed by atoms with Crippen LogP contribution in [-0.4, -0.2) is 26.9 Å². The lowest BCUT2D eigenvalue weighted by Gasteiger charge is -2.16. The predicted octanol–water partition coefficient (Wildman–Crippen LogP) is 1.97. The molecule has 1 heterocycles. The van der Waals surface area contributed by atoms with Gasteiger partial charge in [0.15, 0.2) is 0 Å². The summed E-state index contributed by atoms with van der Waals surface area (Å²) in [4.78, 5) is 0. The van der Waals surface area contributed by atoms with Gasteiger partial charge in [-0.3, -0.25) is 4.39 Å². The van der Waals surface area contributed by atoms with E-state index in [2.05, 4.69) is 5.32 Å². The van der Waals surface area contributed by atoms with Gasteiger partial charge in [-0.05, 0) is 17.7 Å². The Bertz CT molecular complexity index is 329. The lowest BCUT2D eigenvalue weighted by molar-refractivity contribution is 0.357. The molecule has 1 aliphatic heterocycles. The van der Waals surface area contributed by atoms with Crippen molar-refractivity contribution in [3.05, 3.63) is 29.8 Å². The Hall–Kier alpha value is -1.09. The highest BCUT2D eigenvalue weighted by Gasteiger charge is 2.28. The zero-order chi connectivity index (χ0) is 10.7.